The van der Waals surface area contributed by atoms with Crippen LogP contribution >= 0.6 is 0 Å². The second-order valence-electron chi connectivity index (χ2n) is 7.28. The lowest BCUT2D eigenvalue weighted by atomic mass is 9.94. The first-order valence-corrected chi connectivity index (χ1v) is 9.10. The maximum Gasteiger partial charge on any atom is 0.0695 e. The lowest BCUT2D eigenvalue weighted by molar-refractivity contribution is 0.0264. The minimum Gasteiger partial charge on any atom is -0.391 e. The first-order chi connectivity index (χ1) is 9.70. The minimum absolute atomic E-state index is 0.111. The van der Waals surface area contributed by atoms with Crippen LogP contribution in [0.4, 0.5) is 0 Å². The van der Waals surface area contributed by atoms with Gasteiger partial charge in [-0.25, -0.2) is 0 Å². The quantitative estimate of drug-likeness (QED) is 0.831. The third-order valence-corrected chi connectivity index (χ3v) is 5.66. The molecule has 0 spiro atoms. The molecule has 2 fully saturated rings. The van der Waals surface area contributed by atoms with E-state index in [0.717, 1.165) is 12.3 Å². The Morgan fingerprint density at radius 2 is 1.30 bits per heavy atom. The van der Waals surface area contributed by atoms with Crippen LogP contribution in [-0.4, -0.2) is 35.2 Å². The van der Waals surface area contributed by atoms with Crippen LogP contribution in [0.3, 0.4) is 0 Å². The fraction of sp³-hybridized carbons (Fsp3) is 1.00. The number of hydrogen-bond acceptors (Lipinski definition) is 2. The molecule has 2 aliphatic carbocycles. The molecule has 0 aromatic carbocycles. The van der Waals surface area contributed by atoms with Gasteiger partial charge in [0.05, 0.1) is 6.10 Å². The van der Waals surface area contributed by atoms with Crippen molar-refractivity contribution in [1.82, 2.24) is 4.90 Å². The van der Waals surface area contributed by atoms with Crippen LogP contribution in [0.15, 0.2) is 0 Å². The van der Waals surface area contributed by atoms with Crippen LogP contribution in [0.2, 0.25) is 0 Å². The van der Waals surface area contributed by atoms with Gasteiger partial charge >= 0.3 is 0 Å². The number of aliphatic hydroxyl groups is 1. The van der Waals surface area contributed by atoms with E-state index in [2.05, 4.69) is 18.9 Å². The maximum atomic E-state index is 10.6. The Balaban J connectivity index is 1.89. The molecule has 2 nitrogen and oxygen atoms in total. The molecule has 0 aliphatic heterocycles. The molecule has 2 heteroatoms. The van der Waals surface area contributed by atoms with E-state index in [1.54, 1.807) is 0 Å². The molecule has 2 saturated carbocycles. The Kier molecular flexibility index (Phi) is 6.83. The molecule has 2 aliphatic rings. The average molecular weight is 281 g/mol. The Labute approximate surface area is 125 Å². The average Bonchev–Trinajstić information content (AvgIpc) is 3.26. The molecule has 0 radical (unpaired) electrons. The number of hydrogen-bond donors (Lipinski definition) is 1. The highest BCUT2D eigenvalue weighted by Gasteiger charge is 2.35. The van der Waals surface area contributed by atoms with E-state index in [9.17, 15) is 5.11 Å². The third kappa shape index (κ3) is 5.04. The van der Waals surface area contributed by atoms with Gasteiger partial charge in [-0.15, -0.1) is 0 Å². The van der Waals surface area contributed by atoms with Gasteiger partial charge in [-0.3, -0.25) is 4.90 Å². The van der Waals surface area contributed by atoms with Crippen molar-refractivity contribution in [3.05, 3.63) is 0 Å². The van der Waals surface area contributed by atoms with E-state index in [-0.39, 0.29) is 6.10 Å². The summed E-state index contributed by atoms with van der Waals surface area (Å²) in [5.74, 6) is 0.897. The normalized spacial score (nSPS) is 32.4. The van der Waals surface area contributed by atoms with Crippen molar-refractivity contribution in [3.63, 3.8) is 0 Å². The van der Waals surface area contributed by atoms with E-state index < -0.39 is 0 Å². The van der Waals surface area contributed by atoms with E-state index in [0.29, 0.717) is 12.1 Å². The monoisotopic (exact) mass is 281 g/mol. The molecule has 0 heterocycles. The van der Waals surface area contributed by atoms with E-state index in [1.807, 2.05) is 0 Å². The number of rotatable bonds is 3. The second-order valence-corrected chi connectivity index (χ2v) is 7.28. The number of nitrogens with zero attached hydrogens (tertiary/aromatic N) is 1. The Morgan fingerprint density at radius 3 is 1.85 bits per heavy atom. The Bertz CT molecular complexity index is 264. The Hall–Kier alpha value is -0.0800. The molecule has 0 saturated heterocycles. The lowest BCUT2D eigenvalue weighted by Gasteiger charge is -2.37. The summed E-state index contributed by atoms with van der Waals surface area (Å²) in [6.07, 6.45) is 15.6. The van der Waals surface area contributed by atoms with Crippen LogP contribution in [0, 0.1) is 5.92 Å². The van der Waals surface area contributed by atoms with Gasteiger partial charge in [-0.2, -0.15) is 0 Å². The standard InChI is InChI=1S/C18H35NO/c1-15(16-13-14-16)19(2)17-11-9-7-5-3-4-6-8-10-12-18(17)20/h15-18,20H,3-14H2,1-2H3. The van der Waals surface area contributed by atoms with Crippen molar-refractivity contribution in [2.75, 3.05) is 7.05 Å². The first-order valence-electron chi connectivity index (χ1n) is 9.10. The summed E-state index contributed by atoms with van der Waals surface area (Å²) in [4.78, 5) is 2.51. The predicted octanol–water partition coefficient (Wildman–Crippen LogP) is 4.36. The summed E-state index contributed by atoms with van der Waals surface area (Å²) >= 11 is 0. The summed E-state index contributed by atoms with van der Waals surface area (Å²) in [5, 5.41) is 10.6. The zero-order valence-electron chi connectivity index (χ0n) is 13.7. The smallest absolute Gasteiger partial charge is 0.0695 e. The number of aliphatic hydroxyl groups excluding tert-OH is 1. The predicted molar refractivity (Wildman–Crippen MR) is 85.9 cm³/mol. The van der Waals surface area contributed by atoms with Crippen molar-refractivity contribution in [3.8, 4) is 0 Å². The van der Waals surface area contributed by atoms with E-state index in [4.69, 9.17) is 0 Å². The second kappa shape index (κ2) is 8.38. The topological polar surface area (TPSA) is 23.5 Å². The summed E-state index contributed by atoms with van der Waals surface area (Å²) in [5.41, 5.74) is 0. The van der Waals surface area contributed by atoms with Crippen LogP contribution in [-0.2, 0) is 0 Å². The molecule has 2 rings (SSSR count). The van der Waals surface area contributed by atoms with Gasteiger partial charge in [-0.1, -0.05) is 51.4 Å². The fourth-order valence-corrected chi connectivity index (χ4v) is 3.84. The molecule has 0 aromatic rings. The summed E-state index contributed by atoms with van der Waals surface area (Å²) in [6.45, 7) is 2.36. The van der Waals surface area contributed by atoms with E-state index >= 15 is 0 Å². The van der Waals surface area contributed by atoms with E-state index in [1.165, 1.54) is 70.6 Å². The van der Waals surface area contributed by atoms with Crippen LogP contribution < -0.4 is 0 Å². The van der Waals surface area contributed by atoms with Gasteiger partial charge in [0.25, 0.3) is 0 Å². The molecule has 3 unspecified atom stereocenters. The molecular weight excluding hydrogens is 246 g/mol. The largest absolute Gasteiger partial charge is 0.391 e. The van der Waals surface area contributed by atoms with Gasteiger partial charge in [-0.05, 0) is 45.6 Å². The minimum atomic E-state index is -0.111. The molecule has 3 atom stereocenters. The van der Waals surface area contributed by atoms with Crippen molar-refractivity contribution in [1.29, 1.82) is 0 Å². The van der Waals surface area contributed by atoms with Gasteiger partial charge in [0.2, 0.25) is 0 Å². The van der Waals surface area contributed by atoms with Crippen LogP contribution in [0.5, 0.6) is 0 Å². The van der Waals surface area contributed by atoms with Gasteiger partial charge in [0.1, 0.15) is 0 Å². The molecular formula is C18H35NO. The summed E-state index contributed by atoms with van der Waals surface area (Å²) in [7, 11) is 2.25. The van der Waals surface area contributed by atoms with Crippen molar-refractivity contribution in [2.45, 2.75) is 102 Å². The van der Waals surface area contributed by atoms with Crippen molar-refractivity contribution < 1.29 is 5.11 Å². The van der Waals surface area contributed by atoms with Gasteiger partial charge in [0.15, 0.2) is 0 Å². The lowest BCUT2D eigenvalue weighted by Crippen LogP contribution is -2.46. The molecule has 1 N–H and O–H groups in total. The van der Waals surface area contributed by atoms with Crippen LogP contribution in [0.25, 0.3) is 0 Å². The highest BCUT2D eigenvalue weighted by atomic mass is 16.3. The molecule has 118 valence electrons. The Morgan fingerprint density at radius 1 is 0.800 bits per heavy atom. The molecule has 20 heavy (non-hydrogen) atoms. The highest BCUT2D eigenvalue weighted by molar-refractivity contribution is 4.89. The maximum absolute atomic E-state index is 10.6. The molecule has 0 aromatic heterocycles. The SMILES string of the molecule is CC(C1CC1)N(C)C1CCCCCCCCCCC1O. The first kappa shape index (κ1) is 16.3. The van der Waals surface area contributed by atoms with Gasteiger partial charge in [0, 0.05) is 12.1 Å². The summed E-state index contributed by atoms with van der Waals surface area (Å²) < 4.78 is 0. The number of likely N-dealkylation sites (N-methyl/N-ethyl adjacent to an activating group) is 1. The molecule has 0 amide bonds. The van der Waals surface area contributed by atoms with Gasteiger partial charge < -0.3 is 5.11 Å². The van der Waals surface area contributed by atoms with Crippen LogP contribution in [0.1, 0.15) is 84.0 Å². The third-order valence-electron chi connectivity index (χ3n) is 5.66. The molecule has 0 bridgehead atoms. The van der Waals surface area contributed by atoms with Crippen molar-refractivity contribution in [2.24, 2.45) is 5.92 Å². The fourth-order valence-electron chi connectivity index (χ4n) is 3.84. The highest BCUT2D eigenvalue weighted by Crippen LogP contribution is 2.36. The summed E-state index contributed by atoms with van der Waals surface area (Å²) in [6, 6.07) is 1.05. The van der Waals surface area contributed by atoms with Crippen molar-refractivity contribution >= 4 is 0 Å². The zero-order valence-corrected chi connectivity index (χ0v) is 13.7. The zero-order chi connectivity index (χ0) is 14.4.